The van der Waals surface area contributed by atoms with Crippen molar-refractivity contribution >= 4 is 35.0 Å². The van der Waals surface area contributed by atoms with Gasteiger partial charge in [-0.05, 0) is 17.7 Å². The molecule has 2 rings (SSSR count). The maximum atomic E-state index is 11.5. The third-order valence-corrected chi connectivity index (χ3v) is 3.36. The number of hydrogen-bond acceptors (Lipinski definition) is 2. The first-order valence-electron chi connectivity index (χ1n) is 5.58. The van der Waals surface area contributed by atoms with Gasteiger partial charge in [-0.1, -0.05) is 54.1 Å². The molecule has 1 unspecified atom stereocenters. The van der Waals surface area contributed by atoms with Crippen LogP contribution in [0.25, 0.3) is 0 Å². The lowest BCUT2D eigenvalue weighted by Crippen LogP contribution is -2.26. The summed E-state index contributed by atoms with van der Waals surface area (Å²) in [6.45, 7) is 0. The Hall–Kier alpha value is -1.71. The summed E-state index contributed by atoms with van der Waals surface area (Å²) in [4.78, 5) is 11.5. The van der Waals surface area contributed by atoms with Gasteiger partial charge in [-0.25, -0.2) is 4.79 Å². The SMILES string of the molecule is O=C(O)C(c1ccccc1)N(Cl)c1ccccc1Cl. The van der Waals surface area contributed by atoms with Gasteiger partial charge in [0, 0.05) is 11.8 Å². The number of hydrogen-bond donors (Lipinski definition) is 1. The van der Waals surface area contributed by atoms with E-state index in [2.05, 4.69) is 0 Å². The second kappa shape index (κ2) is 5.95. The first-order valence-corrected chi connectivity index (χ1v) is 6.30. The largest absolute Gasteiger partial charge is 0.479 e. The van der Waals surface area contributed by atoms with Crippen LogP contribution in [0.5, 0.6) is 0 Å². The Morgan fingerprint density at radius 1 is 1.05 bits per heavy atom. The topological polar surface area (TPSA) is 40.5 Å². The van der Waals surface area contributed by atoms with Gasteiger partial charge in [0.1, 0.15) is 0 Å². The van der Waals surface area contributed by atoms with Crippen LogP contribution in [0.3, 0.4) is 0 Å². The molecule has 19 heavy (non-hydrogen) atoms. The Kier molecular flexibility index (Phi) is 4.30. The van der Waals surface area contributed by atoms with Crippen LogP contribution in [0.15, 0.2) is 54.6 Å². The lowest BCUT2D eigenvalue weighted by atomic mass is 10.1. The van der Waals surface area contributed by atoms with Crippen molar-refractivity contribution in [3.63, 3.8) is 0 Å². The van der Waals surface area contributed by atoms with Gasteiger partial charge in [0.15, 0.2) is 6.04 Å². The molecule has 0 bridgehead atoms. The van der Waals surface area contributed by atoms with Crippen LogP contribution >= 0.6 is 23.4 Å². The lowest BCUT2D eigenvalue weighted by Gasteiger charge is -2.24. The molecule has 0 saturated carbocycles. The molecule has 2 aromatic carbocycles. The summed E-state index contributed by atoms with van der Waals surface area (Å²) >= 11 is 12.2. The number of carbonyl (C=O) groups is 1. The molecule has 0 heterocycles. The molecule has 98 valence electrons. The predicted molar refractivity (Wildman–Crippen MR) is 76.6 cm³/mol. The average Bonchev–Trinajstić information content (AvgIpc) is 2.40. The maximum Gasteiger partial charge on any atom is 0.332 e. The first-order chi connectivity index (χ1) is 9.11. The zero-order chi connectivity index (χ0) is 13.8. The second-order valence-corrected chi connectivity index (χ2v) is 4.69. The van der Waals surface area contributed by atoms with E-state index in [1.165, 1.54) is 0 Å². The number of carboxylic acids is 1. The molecule has 3 nitrogen and oxygen atoms in total. The molecular formula is C14H11Cl2NO2. The summed E-state index contributed by atoms with van der Waals surface area (Å²) in [6, 6.07) is 14.6. The molecule has 0 saturated heterocycles. The fourth-order valence-electron chi connectivity index (χ4n) is 1.77. The fourth-order valence-corrected chi connectivity index (χ4v) is 2.38. The van der Waals surface area contributed by atoms with E-state index in [-0.39, 0.29) is 0 Å². The van der Waals surface area contributed by atoms with Gasteiger partial charge in [-0.2, -0.15) is 0 Å². The molecule has 1 atom stereocenters. The molecule has 0 aromatic heterocycles. The van der Waals surface area contributed by atoms with E-state index >= 15 is 0 Å². The van der Waals surface area contributed by atoms with Crippen LogP contribution in [0, 0.1) is 0 Å². The fraction of sp³-hybridized carbons (Fsp3) is 0.0714. The maximum absolute atomic E-state index is 11.5. The Morgan fingerprint density at radius 2 is 1.63 bits per heavy atom. The standard InChI is InChI=1S/C14H11Cl2NO2/c15-11-8-4-5-9-12(11)17(16)13(14(18)19)10-6-2-1-3-7-10/h1-9,13H,(H,18,19). The van der Waals surface area contributed by atoms with Gasteiger partial charge >= 0.3 is 5.97 Å². The molecule has 0 spiro atoms. The molecule has 0 aliphatic heterocycles. The number of rotatable bonds is 4. The van der Waals surface area contributed by atoms with E-state index in [1.54, 1.807) is 48.5 Å². The van der Waals surface area contributed by atoms with Crippen molar-refractivity contribution in [3.8, 4) is 0 Å². The molecular weight excluding hydrogens is 285 g/mol. The number of halogens is 2. The zero-order valence-electron chi connectivity index (χ0n) is 9.83. The van der Waals surface area contributed by atoms with E-state index in [9.17, 15) is 9.90 Å². The van der Waals surface area contributed by atoms with Crippen LogP contribution in [-0.4, -0.2) is 11.1 Å². The van der Waals surface area contributed by atoms with Crippen LogP contribution in [0.4, 0.5) is 5.69 Å². The Balaban J connectivity index is 2.41. The third-order valence-electron chi connectivity index (χ3n) is 2.66. The van der Waals surface area contributed by atoms with Crippen molar-refractivity contribution in [2.24, 2.45) is 0 Å². The summed E-state index contributed by atoms with van der Waals surface area (Å²) in [5.41, 5.74) is 1.05. The van der Waals surface area contributed by atoms with Gasteiger partial charge < -0.3 is 5.11 Å². The first kappa shape index (κ1) is 13.7. The lowest BCUT2D eigenvalue weighted by molar-refractivity contribution is -0.138. The zero-order valence-corrected chi connectivity index (χ0v) is 11.3. The minimum Gasteiger partial charge on any atom is -0.479 e. The van der Waals surface area contributed by atoms with Gasteiger partial charge in [0.2, 0.25) is 0 Å². The third kappa shape index (κ3) is 3.00. The molecule has 0 aliphatic rings. The highest BCUT2D eigenvalue weighted by molar-refractivity contribution is 6.36. The van der Waals surface area contributed by atoms with Crippen molar-refractivity contribution in [1.29, 1.82) is 0 Å². The van der Waals surface area contributed by atoms with Crippen molar-refractivity contribution < 1.29 is 9.90 Å². The van der Waals surface area contributed by atoms with E-state index in [4.69, 9.17) is 23.4 Å². The normalized spacial score (nSPS) is 11.9. The van der Waals surface area contributed by atoms with E-state index in [1.807, 2.05) is 6.07 Å². The number of benzene rings is 2. The molecule has 0 aliphatic carbocycles. The van der Waals surface area contributed by atoms with Crippen molar-refractivity contribution in [2.45, 2.75) is 6.04 Å². The van der Waals surface area contributed by atoms with Crippen molar-refractivity contribution in [1.82, 2.24) is 0 Å². The molecule has 5 heteroatoms. The highest BCUT2D eigenvalue weighted by Crippen LogP contribution is 2.34. The monoisotopic (exact) mass is 295 g/mol. The molecule has 2 aromatic rings. The summed E-state index contributed by atoms with van der Waals surface area (Å²) < 4.78 is 1.14. The molecule has 0 radical (unpaired) electrons. The van der Waals surface area contributed by atoms with Crippen LogP contribution in [-0.2, 0) is 4.79 Å². The summed E-state index contributed by atoms with van der Waals surface area (Å²) in [6.07, 6.45) is 0. The van der Waals surface area contributed by atoms with E-state index in [0.29, 0.717) is 16.3 Å². The Morgan fingerprint density at radius 3 is 2.21 bits per heavy atom. The van der Waals surface area contributed by atoms with Crippen LogP contribution < -0.4 is 4.42 Å². The average molecular weight is 296 g/mol. The number of nitrogens with zero attached hydrogens (tertiary/aromatic N) is 1. The van der Waals surface area contributed by atoms with Gasteiger partial charge in [0.05, 0.1) is 10.7 Å². The van der Waals surface area contributed by atoms with Gasteiger partial charge in [-0.3, -0.25) is 4.42 Å². The van der Waals surface area contributed by atoms with Gasteiger partial charge in [0.25, 0.3) is 0 Å². The highest BCUT2D eigenvalue weighted by Gasteiger charge is 2.27. The highest BCUT2D eigenvalue weighted by atomic mass is 35.5. The summed E-state index contributed by atoms with van der Waals surface area (Å²) in [5, 5.41) is 9.78. The van der Waals surface area contributed by atoms with Crippen molar-refractivity contribution in [2.75, 3.05) is 4.42 Å². The van der Waals surface area contributed by atoms with Crippen LogP contribution in [0.1, 0.15) is 11.6 Å². The van der Waals surface area contributed by atoms with Crippen LogP contribution in [0.2, 0.25) is 5.02 Å². The minimum absolute atomic E-state index is 0.402. The van der Waals surface area contributed by atoms with Gasteiger partial charge in [-0.15, -0.1) is 0 Å². The predicted octanol–water partition coefficient (Wildman–Crippen LogP) is 4.13. The number of aliphatic carboxylic acids is 1. The number of carboxylic acid groups (broad SMARTS) is 1. The Labute approximate surface area is 121 Å². The second-order valence-electron chi connectivity index (χ2n) is 3.91. The summed E-state index contributed by atoms with van der Waals surface area (Å²) in [5.74, 6) is -1.04. The molecule has 0 amide bonds. The molecule has 0 fully saturated rings. The molecule has 1 N–H and O–H groups in total. The number of para-hydroxylation sites is 1. The minimum atomic E-state index is -1.04. The van der Waals surface area contributed by atoms with E-state index < -0.39 is 12.0 Å². The Bertz CT molecular complexity index is 575. The summed E-state index contributed by atoms with van der Waals surface area (Å²) in [7, 11) is 0. The van der Waals surface area contributed by atoms with E-state index in [0.717, 1.165) is 4.42 Å². The van der Waals surface area contributed by atoms with Crippen molar-refractivity contribution in [3.05, 3.63) is 65.2 Å². The smallest absolute Gasteiger partial charge is 0.332 e. The quantitative estimate of drug-likeness (QED) is 0.863. The number of anilines is 1.